The summed E-state index contributed by atoms with van der Waals surface area (Å²) in [6, 6.07) is 26.7. The highest BCUT2D eigenvalue weighted by molar-refractivity contribution is 7.85. The maximum absolute atomic E-state index is 12.9. The van der Waals surface area contributed by atoms with E-state index in [1.165, 1.54) is 12.1 Å². The van der Waals surface area contributed by atoms with Crippen molar-refractivity contribution in [3.05, 3.63) is 126 Å². The average molecular weight is 762 g/mol. The van der Waals surface area contributed by atoms with Gasteiger partial charge in [0.1, 0.15) is 10.1 Å². The number of nitrogens with zero attached hydrogens (tertiary/aromatic N) is 4. The van der Waals surface area contributed by atoms with E-state index in [0.717, 1.165) is 27.8 Å². The topological polar surface area (TPSA) is 253 Å². The molecule has 16 heteroatoms. The zero-order valence-corrected chi connectivity index (χ0v) is 31.2. The van der Waals surface area contributed by atoms with E-state index in [2.05, 4.69) is 20.6 Å². The van der Waals surface area contributed by atoms with Crippen molar-refractivity contribution < 1.29 is 31.7 Å². The molecule has 2 aromatic heterocycles. The van der Waals surface area contributed by atoms with Gasteiger partial charge in [-0.1, -0.05) is 51.9 Å². The first-order valence-electron chi connectivity index (χ1n) is 17.0. The molecule has 6 rings (SSSR count). The molecule has 55 heavy (non-hydrogen) atoms. The van der Waals surface area contributed by atoms with Gasteiger partial charge in [0.25, 0.3) is 11.8 Å². The van der Waals surface area contributed by atoms with Gasteiger partial charge in [-0.25, -0.2) is 17.6 Å². The molecule has 15 nitrogen and oxygen atoms in total. The van der Waals surface area contributed by atoms with E-state index >= 15 is 0 Å². The fraction of sp³-hybridized carbons (Fsp3) is 0.128. The lowest BCUT2D eigenvalue weighted by molar-refractivity contribution is -0.681. The number of aromatic nitrogens is 4. The van der Waals surface area contributed by atoms with Gasteiger partial charge in [0.2, 0.25) is 11.6 Å². The van der Waals surface area contributed by atoms with Crippen LogP contribution in [0.15, 0.2) is 114 Å². The molecule has 4 aromatic carbocycles. The Hall–Kier alpha value is -6.91. The summed E-state index contributed by atoms with van der Waals surface area (Å²) in [5, 5.41) is 5.74. The van der Waals surface area contributed by atoms with Gasteiger partial charge in [0, 0.05) is 22.5 Å². The van der Waals surface area contributed by atoms with Crippen LogP contribution in [0.4, 0.5) is 34.9 Å². The maximum atomic E-state index is 12.9. The number of hydrogen-bond donors (Lipinski definition) is 6. The fourth-order valence-electron chi connectivity index (χ4n) is 5.37. The minimum absolute atomic E-state index is 0.178. The third kappa shape index (κ3) is 9.75. The van der Waals surface area contributed by atoms with E-state index in [-0.39, 0.29) is 16.7 Å². The number of amides is 2. The van der Waals surface area contributed by atoms with E-state index in [9.17, 15) is 22.6 Å². The molecule has 0 aliphatic carbocycles. The second-order valence-electron chi connectivity index (χ2n) is 12.3. The van der Waals surface area contributed by atoms with Gasteiger partial charge in [-0.2, -0.15) is 0 Å². The number of anilines is 6. The normalized spacial score (nSPS) is 10.9. The Morgan fingerprint density at radius 2 is 0.982 bits per heavy atom. The third-order valence-electron chi connectivity index (χ3n) is 8.49. The zero-order valence-electron chi connectivity index (χ0n) is 30.4. The number of aryl methyl sites for hydroxylation is 3. The van der Waals surface area contributed by atoms with Crippen LogP contribution in [0, 0.1) is 6.92 Å². The van der Waals surface area contributed by atoms with Gasteiger partial charge in [0.05, 0.1) is 41.5 Å². The minimum Gasteiger partial charge on any atom is -0.744 e. The summed E-state index contributed by atoms with van der Waals surface area (Å²) in [7, 11) is -4.27. The van der Waals surface area contributed by atoms with Crippen molar-refractivity contribution in [2.24, 2.45) is 0 Å². The smallest absolute Gasteiger partial charge is 0.391 e. The molecule has 2 amide bonds. The number of carbonyl (C=O) groups excluding carboxylic acids is 2. The first-order chi connectivity index (χ1) is 26.2. The monoisotopic (exact) mass is 761 g/mol. The summed E-state index contributed by atoms with van der Waals surface area (Å²) in [6.07, 6.45) is 3.71. The molecule has 282 valence electrons. The standard InChI is InChI=1S/C32H32N10O2.C7H8O3S/c1-3-41-17-25(27(33)39-31(41)35)19-9-13-23(14-10-19)37-29(43)21-5-7-22(8-6-21)30(44)38-24-15-11-20(12-16-24)26-18-42(4-2)32(36)40-28(26)34;1-6-2-4-7(5-3-6)11(8,9)10/h5-18H,3-4H2,1-2H3,(H8,33,34,35,36,37,38,39,40,43,44);2-5H,1H3,(H,8,9,10)/p+1. The Morgan fingerprint density at radius 1 is 0.618 bits per heavy atom. The lowest BCUT2D eigenvalue weighted by Gasteiger charge is -2.10. The van der Waals surface area contributed by atoms with Crippen LogP contribution in [-0.4, -0.2) is 34.8 Å². The quantitative estimate of drug-likeness (QED) is 0.0901. The zero-order chi connectivity index (χ0) is 39.9. The molecule has 6 aromatic rings. The van der Waals surface area contributed by atoms with E-state index in [0.29, 0.717) is 59.1 Å². The highest BCUT2D eigenvalue weighted by Crippen LogP contribution is 2.27. The predicted octanol–water partition coefficient (Wildman–Crippen LogP) is 4.16. The Morgan fingerprint density at radius 3 is 1.31 bits per heavy atom. The van der Waals surface area contributed by atoms with Crippen molar-refractivity contribution in [1.82, 2.24) is 9.97 Å². The summed E-state index contributed by atoms with van der Waals surface area (Å²) in [4.78, 5) is 34.0. The summed E-state index contributed by atoms with van der Waals surface area (Å²) in [5.74, 6) is 0.737. The van der Waals surface area contributed by atoms with Crippen LogP contribution in [0.3, 0.4) is 0 Å². The van der Waals surface area contributed by atoms with Crippen molar-refractivity contribution in [3.63, 3.8) is 0 Å². The van der Waals surface area contributed by atoms with Crippen LogP contribution in [0.5, 0.6) is 0 Å². The molecule has 0 unspecified atom stereocenters. The minimum atomic E-state index is -4.27. The molecule has 0 bridgehead atoms. The predicted molar refractivity (Wildman–Crippen MR) is 210 cm³/mol. The van der Waals surface area contributed by atoms with Gasteiger partial charge < -0.3 is 26.7 Å². The number of nitrogens with two attached hydrogens (primary N) is 4. The Kier molecular flexibility index (Phi) is 12.0. The summed E-state index contributed by atoms with van der Waals surface area (Å²) in [6.45, 7) is 7.07. The number of nitrogen functional groups attached to an aromatic ring is 4. The second kappa shape index (κ2) is 16.8. The lowest BCUT2D eigenvalue weighted by atomic mass is 10.1. The number of nitrogens with one attached hydrogen (secondary N) is 2. The van der Waals surface area contributed by atoms with Gasteiger partial charge in [-0.15, -0.1) is 0 Å². The maximum Gasteiger partial charge on any atom is 0.391 e. The SMILES string of the molecule is CC[n+]1cc(-c2ccc(NC(=O)c3ccc(C(=O)Nc4ccc(-c5c[n+](CC)c(N)nc5N)cc4)cc3)cc2)c(N)nc1N.Cc1ccc(S(=O)(=O)[O-])cc1. The van der Waals surface area contributed by atoms with Gasteiger partial charge in [-0.05, 0) is 92.6 Å². The second-order valence-corrected chi connectivity index (χ2v) is 13.7. The van der Waals surface area contributed by atoms with E-state index in [1.54, 1.807) is 69.8 Å². The Bertz CT molecular complexity index is 2310. The molecule has 0 fully saturated rings. The van der Waals surface area contributed by atoms with Crippen LogP contribution in [0.2, 0.25) is 0 Å². The van der Waals surface area contributed by atoms with Crippen LogP contribution >= 0.6 is 0 Å². The Balaban J connectivity index is 0.000000454. The third-order valence-corrected chi connectivity index (χ3v) is 9.34. The molecule has 0 saturated carbocycles. The molecule has 0 aliphatic rings. The molecule has 0 spiro atoms. The van der Waals surface area contributed by atoms with Crippen molar-refractivity contribution in [3.8, 4) is 22.3 Å². The number of carbonyl (C=O) groups is 2. The van der Waals surface area contributed by atoms with Crippen molar-refractivity contribution in [2.45, 2.75) is 38.8 Å². The van der Waals surface area contributed by atoms with Crippen LogP contribution in [0.25, 0.3) is 22.3 Å². The number of hydrogen-bond acceptors (Lipinski definition) is 11. The van der Waals surface area contributed by atoms with E-state index in [4.69, 9.17) is 22.9 Å². The molecule has 0 atom stereocenters. The number of rotatable bonds is 9. The summed E-state index contributed by atoms with van der Waals surface area (Å²) in [5.41, 5.74) is 30.1. The van der Waals surface area contributed by atoms with Crippen LogP contribution < -0.4 is 42.7 Å². The highest BCUT2D eigenvalue weighted by Gasteiger charge is 2.17. The van der Waals surface area contributed by atoms with Gasteiger partial charge in [-0.3, -0.25) is 21.1 Å². The highest BCUT2D eigenvalue weighted by atomic mass is 32.2. The molecule has 10 N–H and O–H groups in total. The first kappa shape index (κ1) is 39.3. The van der Waals surface area contributed by atoms with Gasteiger partial charge >= 0.3 is 11.9 Å². The van der Waals surface area contributed by atoms with E-state index in [1.807, 2.05) is 57.4 Å². The first-order valence-corrected chi connectivity index (χ1v) is 18.4. The average Bonchev–Trinajstić information content (AvgIpc) is 3.16. The molecule has 0 saturated heterocycles. The van der Waals surface area contributed by atoms with Crippen molar-refractivity contribution in [2.75, 3.05) is 33.6 Å². The Labute approximate surface area is 318 Å². The lowest BCUT2D eigenvalue weighted by Crippen LogP contribution is -2.37. The molecular weight excluding hydrogens is 721 g/mol. The van der Waals surface area contributed by atoms with Crippen LogP contribution in [-0.2, 0) is 23.2 Å². The molecular formula is C39H41N10O5S+. The molecule has 0 aliphatic heterocycles. The van der Waals surface area contributed by atoms with Crippen molar-refractivity contribution in [1.29, 1.82) is 0 Å². The van der Waals surface area contributed by atoms with Crippen LogP contribution in [0.1, 0.15) is 40.1 Å². The molecule has 0 radical (unpaired) electrons. The largest absolute Gasteiger partial charge is 0.744 e. The molecule has 2 heterocycles. The summed E-state index contributed by atoms with van der Waals surface area (Å²) < 4.78 is 34.8. The van der Waals surface area contributed by atoms with E-state index < -0.39 is 10.1 Å². The number of benzene rings is 4. The van der Waals surface area contributed by atoms with Gasteiger partial charge in [0.15, 0.2) is 0 Å². The summed E-state index contributed by atoms with van der Waals surface area (Å²) >= 11 is 0. The fourth-order valence-corrected chi connectivity index (χ4v) is 5.84. The van der Waals surface area contributed by atoms with Crippen molar-refractivity contribution >= 4 is 56.8 Å².